The van der Waals surface area contributed by atoms with E-state index in [2.05, 4.69) is 41.0 Å². The number of hydrogen-bond donors (Lipinski definition) is 1. The number of aromatic nitrogens is 1. The van der Waals surface area contributed by atoms with Crippen molar-refractivity contribution >= 4 is 11.8 Å². The van der Waals surface area contributed by atoms with Crippen molar-refractivity contribution in [1.29, 1.82) is 0 Å². The third-order valence-corrected chi connectivity index (χ3v) is 9.61. The van der Waals surface area contributed by atoms with E-state index in [-0.39, 0.29) is 12.0 Å². The van der Waals surface area contributed by atoms with E-state index < -0.39 is 11.4 Å². The van der Waals surface area contributed by atoms with Gasteiger partial charge < -0.3 is 24.2 Å². The Morgan fingerprint density at radius 3 is 2.78 bits per heavy atom. The number of aryl methyl sites for hydroxylation is 1. The Morgan fingerprint density at radius 2 is 2.00 bits per heavy atom. The minimum atomic E-state index is -0.732. The summed E-state index contributed by atoms with van der Waals surface area (Å²) in [5, 5.41) is 10.0. The quantitative estimate of drug-likeness (QED) is 0.418. The fourth-order valence-corrected chi connectivity index (χ4v) is 7.08. The Kier molecular flexibility index (Phi) is 6.72. The van der Waals surface area contributed by atoms with Crippen molar-refractivity contribution in [3.05, 3.63) is 76.9 Å². The molecule has 3 fully saturated rings. The third-order valence-electron chi connectivity index (χ3n) is 9.61. The van der Waals surface area contributed by atoms with Gasteiger partial charge in [0.2, 0.25) is 0 Å². The number of aliphatic carboxylic acids is 1. The highest BCUT2D eigenvalue weighted by molar-refractivity contribution is 5.82. The van der Waals surface area contributed by atoms with Crippen molar-refractivity contribution in [2.45, 2.75) is 45.0 Å². The van der Waals surface area contributed by atoms with Crippen LogP contribution in [0.3, 0.4) is 0 Å². The molecule has 0 radical (unpaired) electrons. The fourth-order valence-electron chi connectivity index (χ4n) is 7.08. The van der Waals surface area contributed by atoms with E-state index in [0.29, 0.717) is 32.2 Å². The Bertz CT molecular complexity index is 1470. The second-order valence-electron chi connectivity index (χ2n) is 12.0. The summed E-state index contributed by atoms with van der Waals surface area (Å²) in [7, 11) is 1.63. The van der Waals surface area contributed by atoms with Gasteiger partial charge in [0.15, 0.2) is 0 Å². The zero-order chi connectivity index (χ0) is 28.1. The lowest BCUT2D eigenvalue weighted by Gasteiger charge is -2.40. The van der Waals surface area contributed by atoms with Gasteiger partial charge >= 0.3 is 5.97 Å². The predicted octanol–water partition coefficient (Wildman–Crippen LogP) is 4.32. The molecule has 2 saturated heterocycles. The van der Waals surface area contributed by atoms with Crippen LogP contribution in [0.2, 0.25) is 0 Å². The number of nitrogens with zero attached hydrogens (tertiary/aromatic N) is 3. The van der Waals surface area contributed by atoms with Crippen LogP contribution < -0.4 is 9.64 Å². The van der Waals surface area contributed by atoms with E-state index in [9.17, 15) is 9.90 Å². The molecular weight excluding hydrogens is 518 g/mol. The molecule has 0 bridgehead atoms. The smallest absolute Gasteiger partial charge is 0.312 e. The summed E-state index contributed by atoms with van der Waals surface area (Å²) in [4.78, 5) is 21.9. The summed E-state index contributed by atoms with van der Waals surface area (Å²) < 4.78 is 17.4. The molecule has 214 valence electrons. The van der Waals surface area contributed by atoms with E-state index in [0.717, 1.165) is 66.7 Å². The normalized spacial score (nSPS) is 25.4. The van der Waals surface area contributed by atoms with E-state index in [1.807, 2.05) is 30.3 Å². The molecule has 1 unspecified atom stereocenters. The van der Waals surface area contributed by atoms with Crippen LogP contribution in [0.1, 0.15) is 28.7 Å². The Labute approximate surface area is 240 Å². The molecular formula is C33H37N3O5. The number of methoxy groups -OCH3 is 1. The molecule has 1 saturated carbocycles. The number of carbonyl (C=O) groups is 1. The maximum Gasteiger partial charge on any atom is 0.312 e. The average molecular weight is 556 g/mol. The number of carboxylic acid groups (broad SMARTS) is 1. The highest BCUT2D eigenvalue weighted by atomic mass is 16.5. The minimum absolute atomic E-state index is 0.135. The molecule has 8 nitrogen and oxygen atoms in total. The molecule has 3 atom stereocenters. The number of piperidine rings is 1. The minimum Gasteiger partial charge on any atom is -0.488 e. The molecule has 41 heavy (non-hydrogen) atoms. The second-order valence-corrected chi connectivity index (χ2v) is 12.0. The average Bonchev–Trinajstić information content (AvgIpc) is 3.60. The van der Waals surface area contributed by atoms with Crippen LogP contribution in [0.5, 0.6) is 5.75 Å². The maximum atomic E-state index is 12.2. The number of hydrogen-bond acceptors (Lipinski definition) is 7. The lowest BCUT2D eigenvalue weighted by atomic mass is 9.96. The fraction of sp³-hybridized carbons (Fsp3) is 0.455. The van der Waals surface area contributed by atoms with Crippen molar-refractivity contribution in [2.24, 2.45) is 11.3 Å². The predicted molar refractivity (Wildman–Crippen MR) is 155 cm³/mol. The van der Waals surface area contributed by atoms with Crippen LogP contribution in [0, 0.1) is 18.3 Å². The Hall–Kier alpha value is -3.46. The van der Waals surface area contributed by atoms with Crippen LogP contribution in [0.4, 0.5) is 5.82 Å². The summed E-state index contributed by atoms with van der Waals surface area (Å²) in [6.07, 6.45) is 1.76. The number of para-hydroxylation sites is 1. The van der Waals surface area contributed by atoms with Gasteiger partial charge in [-0.25, -0.2) is 4.98 Å². The van der Waals surface area contributed by atoms with Gasteiger partial charge in [-0.05, 0) is 66.1 Å². The first-order valence-corrected chi connectivity index (χ1v) is 14.6. The zero-order valence-electron chi connectivity index (χ0n) is 23.7. The molecule has 1 N–H and O–H groups in total. The summed E-state index contributed by atoms with van der Waals surface area (Å²) in [5.74, 6) is 1.01. The summed E-state index contributed by atoms with van der Waals surface area (Å²) >= 11 is 0. The first-order valence-electron chi connectivity index (χ1n) is 14.6. The standard InChI is InChI=1S/C33H37N3O5/c1-21-5-3-6-27(28-7-4-8-30(34-28)36-16-25-14-33(25,32(37)38)29(36)20-39-2)31(21)41-17-22-9-10-24-15-35(26-18-40-19-26)12-11-23(24)13-22/h3-10,13,25-26,29H,11-12,14-20H2,1-2H3,(H,37,38)/t25?,29-,33-/m1/s1. The number of fused-ring (bicyclic) bond motifs is 2. The van der Waals surface area contributed by atoms with Crippen LogP contribution >= 0.6 is 0 Å². The van der Waals surface area contributed by atoms with Crippen molar-refractivity contribution in [2.75, 3.05) is 44.9 Å². The van der Waals surface area contributed by atoms with Gasteiger partial charge in [0, 0.05) is 32.3 Å². The van der Waals surface area contributed by atoms with E-state index in [1.165, 1.54) is 11.1 Å². The highest BCUT2D eigenvalue weighted by Crippen LogP contribution is 2.62. The lowest BCUT2D eigenvalue weighted by molar-refractivity contribution is -0.144. The number of anilines is 1. The van der Waals surface area contributed by atoms with Gasteiger partial charge in [0.1, 0.15) is 18.2 Å². The van der Waals surface area contributed by atoms with Crippen LogP contribution in [0.15, 0.2) is 54.6 Å². The van der Waals surface area contributed by atoms with E-state index >= 15 is 0 Å². The number of ether oxygens (including phenoxy) is 3. The first-order chi connectivity index (χ1) is 20.0. The van der Waals surface area contributed by atoms with Gasteiger partial charge in [0.05, 0.1) is 43.0 Å². The second kappa shape index (κ2) is 10.4. The Morgan fingerprint density at radius 1 is 1.15 bits per heavy atom. The van der Waals surface area contributed by atoms with Crippen molar-refractivity contribution in [3.8, 4) is 17.0 Å². The Balaban J connectivity index is 1.11. The topological polar surface area (TPSA) is 84.4 Å². The molecule has 4 aliphatic rings. The molecule has 3 aliphatic heterocycles. The monoisotopic (exact) mass is 555 g/mol. The molecule has 2 aromatic carbocycles. The first kappa shape index (κ1) is 26.4. The van der Waals surface area contributed by atoms with E-state index in [4.69, 9.17) is 19.2 Å². The number of rotatable bonds is 9. The van der Waals surface area contributed by atoms with Crippen molar-refractivity contribution in [1.82, 2.24) is 9.88 Å². The van der Waals surface area contributed by atoms with E-state index in [1.54, 1.807) is 7.11 Å². The molecule has 0 amide bonds. The third kappa shape index (κ3) is 4.58. The summed E-state index contributed by atoms with van der Waals surface area (Å²) in [5.41, 5.74) is 6.05. The molecule has 3 aromatic rings. The lowest BCUT2D eigenvalue weighted by Crippen LogP contribution is -2.50. The zero-order valence-corrected chi connectivity index (χ0v) is 23.7. The van der Waals surface area contributed by atoms with Crippen molar-refractivity contribution < 1.29 is 24.1 Å². The van der Waals surface area contributed by atoms with Gasteiger partial charge in [-0.2, -0.15) is 0 Å². The maximum absolute atomic E-state index is 12.2. The number of pyridine rings is 1. The van der Waals surface area contributed by atoms with Gasteiger partial charge in [-0.1, -0.05) is 36.4 Å². The molecule has 1 aromatic heterocycles. The van der Waals surface area contributed by atoms with Crippen LogP contribution in [-0.2, 0) is 33.8 Å². The van der Waals surface area contributed by atoms with Crippen LogP contribution in [-0.4, -0.2) is 73.1 Å². The van der Waals surface area contributed by atoms with Gasteiger partial charge in [-0.15, -0.1) is 0 Å². The summed E-state index contributed by atoms with van der Waals surface area (Å²) in [6.45, 7) is 7.36. The largest absolute Gasteiger partial charge is 0.488 e. The van der Waals surface area contributed by atoms with Gasteiger partial charge in [0.25, 0.3) is 0 Å². The number of carboxylic acids is 1. The van der Waals surface area contributed by atoms with Crippen LogP contribution in [0.25, 0.3) is 11.3 Å². The van der Waals surface area contributed by atoms with Crippen molar-refractivity contribution in [3.63, 3.8) is 0 Å². The molecule has 7 rings (SSSR count). The van der Waals surface area contributed by atoms with Gasteiger partial charge in [-0.3, -0.25) is 9.69 Å². The summed E-state index contributed by atoms with van der Waals surface area (Å²) in [6, 6.07) is 19.2. The number of benzene rings is 2. The SMILES string of the molecule is COC[C@H]1N(c2cccc(-c3cccc(C)c3OCc3ccc4c(c3)CCN(C3COC3)C4)n2)CC2C[C@@]21C(=O)O. The molecule has 0 spiro atoms. The molecule has 4 heterocycles. The molecule has 1 aliphatic carbocycles. The molecule has 8 heteroatoms. The highest BCUT2D eigenvalue weighted by Gasteiger charge is 2.71.